The zero-order chi connectivity index (χ0) is 13.1. The first-order chi connectivity index (χ1) is 8.71. The van der Waals surface area contributed by atoms with Crippen LogP contribution in [0.25, 0.3) is 0 Å². The van der Waals surface area contributed by atoms with Gasteiger partial charge in [0.15, 0.2) is 0 Å². The first-order valence-electron chi connectivity index (χ1n) is 6.64. The number of nitrogens with zero attached hydrogens (tertiary/aromatic N) is 3. The molecule has 100 valence electrons. The molecule has 1 aromatic heterocycles. The van der Waals surface area contributed by atoms with E-state index in [1.807, 2.05) is 24.8 Å². The molecule has 1 saturated carbocycles. The zero-order valence-electron chi connectivity index (χ0n) is 11.0. The van der Waals surface area contributed by atoms with Crippen molar-refractivity contribution in [2.24, 2.45) is 0 Å². The highest BCUT2D eigenvalue weighted by Gasteiger charge is 2.33. The Kier molecular flexibility index (Phi) is 4.27. The monoisotopic (exact) mass is 269 g/mol. The SMILES string of the molecule is CCc1cc(C(=O)N(CCCl)C2CC2)n(CC)n1. The second-order valence-electron chi connectivity index (χ2n) is 4.61. The van der Waals surface area contributed by atoms with Crippen LogP contribution in [-0.2, 0) is 13.0 Å². The van der Waals surface area contributed by atoms with Crippen molar-refractivity contribution in [3.05, 3.63) is 17.5 Å². The van der Waals surface area contributed by atoms with E-state index in [-0.39, 0.29) is 5.91 Å². The van der Waals surface area contributed by atoms with Gasteiger partial charge in [0, 0.05) is 25.0 Å². The van der Waals surface area contributed by atoms with E-state index in [2.05, 4.69) is 5.10 Å². The molecule has 0 radical (unpaired) electrons. The Labute approximate surface area is 113 Å². The summed E-state index contributed by atoms with van der Waals surface area (Å²) in [6.45, 7) is 5.40. The molecule has 1 aromatic rings. The van der Waals surface area contributed by atoms with Crippen molar-refractivity contribution in [3.63, 3.8) is 0 Å². The molecule has 18 heavy (non-hydrogen) atoms. The molecule has 1 amide bonds. The summed E-state index contributed by atoms with van der Waals surface area (Å²) in [4.78, 5) is 14.4. The molecule has 0 aliphatic heterocycles. The van der Waals surface area contributed by atoms with Crippen molar-refractivity contribution in [1.29, 1.82) is 0 Å². The maximum Gasteiger partial charge on any atom is 0.272 e. The summed E-state index contributed by atoms with van der Waals surface area (Å²) >= 11 is 5.79. The topological polar surface area (TPSA) is 38.1 Å². The number of amides is 1. The van der Waals surface area contributed by atoms with Gasteiger partial charge in [0.1, 0.15) is 5.69 Å². The highest BCUT2D eigenvalue weighted by molar-refractivity contribution is 6.18. The molecule has 0 unspecified atom stereocenters. The third-order valence-electron chi connectivity index (χ3n) is 3.29. The van der Waals surface area contributed by atoms with Gasteiger partial charge in [-0.2, -0.15) is 5.10 Å². The van der Waals surface area contributed by atoms with Gasteiger partial charge in [0.25, 0.3) is 5.91 Å². The van der Waals surface area contributed by atoms with Crippen LogP contribution in [0.2, 0.25) is 0 Å². The number of aryl methyl sites for hydroxylation is 2. The Hall–Kier alpha value is -1.03. The Morgan fingerprint density at radius 1 is 1.56 bits per heavy atom. The minimum atomic E-state index is 0.0761. The summed E-state index contributed by atoms with van der Waals surface area (Å²) in [5.74, 6) is 0.565. The van der Waals surface area contributed by atoms with Gasteiger partial charge in [-0.25, -0.2) is 0 Å². The lowest BCUT2D eigenvalue weighted by atomic mass is 10.2. The van der Waals surface area contributed by atoms with Crippen molar-refractivity contribution in [2.45, 2.75) is 45.7 Å². The number of aromatic nitrogens is 2. The molecule has 0 N–H and O–H groups in total. The van der Waals surface area contributed by atoms with E-state index in [9.17, 15) is 4.79 Å². The van der Waals surface area contributed by atoms with Gasteiger partial charge in [0.05, 0.1) is 5.69 Å². The van der Waals surface area contributed by atoms with Crippen molar-refractivity contribution >= 4 is 17.5 Å². The van der Waals surface area contributed by atoms with Crippen LogP contribution in [-0.4, -0.2) is 39.1 Å². The van der Waals surface area contributed by atoms with Crippen LogP contribution in [0.3, 0.4) is 0 Å². The lowest BCUT2D eigenvalue weighted by Gasteiger charge is -2.21. The summed E-state index contributed by atoms with van der Waals surface area (Å²) in [6.07, 6.45) is 3.05. The number of hydrogen-bond donors (Lipinski definition) is 0. The number of carbonyl (C=O) groups excluding carboxylic acids is 1. The van der Waals surface area contributed by atoms with E-state index >= 15 is 0 Å². The van der Waals surface area contributed by atoms with Crippen LogP contribution in [0.1, 0.15) is 42.9 Å². The van der Waals surface area contributed by atoms with Gasteiger partial charge >= 0.3 is 0 Å². The molecule has 1 aliphatic rings. The summed E-state index contributed by atoms with van der Waals surface area (Å²) < 4.78 is 1.80. The fourth-order valence-electron chi connectivity index (χ4n) is 2.13. The third-order valence-corrected chi connectivity index (χ3v) is 3.45. The second-order valence-corrected chi connectivity index (χ2v) is 4.99. The number of carbonyl (C=O) groups is 1. The Morgan fingerprint density at radius 2 is 2.28 bits per heavy atom. The molecule has 0 aromatic carbocycles. The lowest BCUT2D eigenvalue weighted by molar-refractivity contribution is 0.0741. The Morgan fingerprint density at radius 3 is 2.78 bits per heavy atom. The molecule has 4 nitrogen and oxygen atoms in total. The molecule has 0 atom stereocenters. The fourth-order valence-corrected chi connectivity index (χ4v) is 2.31. The van der Waals surface area contributed by atoms with E-state index in [1.54, 1.807) is 4.68 Å². The molecule has 0 bridgehead atoms. The summed E-state index contributed by atoms with van der Waals surface area (Å²) in [6, 6.07) is 2.30. The minimum absolute atomic E-state index is 0.0761. The van der Waals surface area contributed by atoms with Gasteiger partial charge in [-0.05, 0) is 32.3 Å². The smallest absolute Gasteiger partial charge is 0.272 e. The van der Waals surface area contributed by atoms with E-state index in [0.29, 0.717) is 24.2 Å². The van der Waals surface area contributed by atoms with Crippen LogP contribution >= 0.6 is 11.6 Å². The predicted molar refractivity (Wildman–Crippen MR) is 72.1 cm³/mol. The zero-order valence-corrected chi connectivity index (χ0v) is 11.8. The third kappa shape index (κ3) is 2.69. The summed E-state index contributed by atoms with van der Waals surface area (Å²) in [5, 5.41) is 4.43. The average Bonchev–Trinajstić information content (AvgIpc) is 3.13. The van der Waals surface area contributed by atoms with Gasteiger partial charge in [-0.3, -0.25) is 9.48 Å². The average molecular weight is 270 g/mol. The van der Waals surface area contributed by atoms with E-state index in [1.165, 1.54) is 0 Å². The predicted octanol–water partition coefficient (Wildman–Crippen LogP) is 2.31. The Bertz CT molecular complexity index is 426. The number of halogens is 1. The molecule has 2 rings (SSSR count). The van der Waals surface area contributed by atoms with Crippen LogP contribution in [0, 0.1) is 0 Å². The van der Waals surface area contributed by atoms with Crippen LogP contribution in [0.5, 0.6) is 0 Å². The normalized spacial score (nSPS) is 14.8. The van der Waals surface area contributed by atoms with E-state index < -0.39 is 0 Å². The molecule has 1 fully saturated rings. The van der Waals surface area contributed by atoms with Crippen molar-refractivity contribution in [1.82, 2.24) is 14.7 Å². The maximum absolute atomic E-state index is 12.5. The van der Waals surface area contributed by atoms with Crippen LogP contribution < -0.4 is 0 Å². The van der Waals surface area contributed by atoms with Gasteiger partial charge in [-0.15, -0.1) is 11.6 Å². The van der Waals surface area contributed by atoms with Gasteiger partial charge in [0.2, 0.25) is 0 Å². The molecule has 1 aliphatic carbocycles. The van der Waals surface area contributed by atoms with Gasteiger partial charge in [-0.1, -0.05) is 6.92 Å². The quantitative estimate of drug-likeness (QED) is 0.744. The largest absolute Gasteiger partial charge is 0.333 e. The first-order valence-corrected chi connectivity index (χ1v) is 7.18. The molecule has 1 heterocycles. The lowest BCUT2D eigenvalue weighted by Crippen LogP contribution is -2.36. The van der Waals surface area contributed by atoms with Crippen LogP contribution in [0.15, 0.2) is 6.07 Å². The summed E-state index contributed by atoms with van der Waals surface area (Å²) in [5.41, 5.74) is 1.67. The highest BCUT2D eigenvalue weighted by Crippen LogP contribution is 2.28. The fraction of sp³-hybridized carbons (Fsp3) is 0.692. The number of alkyl halides is 1. The van der Waals surface area contributed by atoms with Crippen molar-refractivity contribution in [3.8, 4) is 0 Å². The molecular weight excluding hydrogens is 250 g/mol. The first kappa shape index (κ1) is 13.4. The summed E-state index contributed by atoms with van der Waals surface area (Å²) in [7, 11) is 0. The minimum Gasteiger partial charge on any atom is -0.333 e. The standard InChI is InChI=1S/C13H20ClN3O/c1-3-10-9-12(17(4-2)15-10)13(18)16(8-7-14)11-5-6-11/h9,11H,3-8H2,1-2H3. The number of hydrogen-bond acceptors (Lipinski definition) is 2. The second kappa shape index (κ2) is 5.74. The van der Waals surface area contributed by atoms with E-state index in [0.717, 1.165) is 31.5 Å². The number of rotatable bonds is 6. The molecule has 0 spiro atoms. The molecule has 5 heteroatoms. The van der Waals surface area contributed by atoms with Gasteiger partial charge < -0.3 is 4.90 Å². The Balaban J connectivity index is 2.22. The van der Waals surface area contributed by atoms with Crippen LogP contribution in [0.4, 0.5) is 0 Å². The van der Waals surface area contributed by atoms with E-state index in [4.69, 9.17) is 11.6 Å². The molecular formula is C13H20ClN3O. The van der Waals surface area contributed by atoms with Crippen molar-refractivity contribution < 1.29 is 4.79 Å². The highest BCUT2D eigenvalue weighted by atomic mass is 35.5. The van der Waals surface area contributed by atoms with Crippen molar-refractivity contribution in [2.75, 3.05) is 12.4 Å². The maximum atomic E-state index is 12.5. The molecule has 0 saturated heterocycles.